The van der Waals surface area contributed by atoms with E-state index in [0.717, 1.165) is 0 Å². The molecule has 3 aromatic rings. The van der Waals surface area contributed by atoms with Gasteiger partial charge in [0.05, 0.1) is 21.1 Å². The highest BCUT2D eigenvalue weighted by atomic mass is 35.5. The normalized spacial score (nSPS) is 10.9. The Hall–Kier alpha value is -2.30. The third kappa shape index (κ3) is 2.50. The number of benzene rings is 2. The molecule has 0 bridgehead atoms. The van der Waals surface area contributed by atoms with Gasteiger partial charge in [-0.2, -0.15) is 0 Å². The molecule has 0 radical (unpaired) electrons. The fraction of sp³-hybridized carbons (Fsp3) is 0.0588. The van der Waals surface area contributed by atoms with E-state index in [4.69, 9.17) is 23.2 Å². The number of aromatic carboxylic acids is 1. The lowest BCUT2D eigenvalue weighted by molar-refractivity contribution is 0.0698. The van der Waals surface area contributed by atoms with E-state index in [2.05, 4.69) is 0 Å². The number of carboxylic acids is 1. The summed E-state index contributed by atoms with van der Waals surface area (Å²) in [4.78, 5) is 24.4. The molecule has 0 saturated carbocycles. The van der Waals surface area contributed by atoms with Crippen molar-refractivity contribution < 1.29 is 14.7 Å². The SMILES string of the molecule is Cc1c(C(=O)O)c2ccccc2n1C(=O)c1ccc(Cl)c(Cl)c1. The van der Waals surface area contributed by atoms with Crippen LogP contribution in [-0.2, 0) is 0 Å². The molecule has 23 heavy (non-hydrogen) atoms. The zero-order valence-electron chi connectivity index (χ0n) is 12.0. The van der Waals surface area contributed by atoms with E-state index in [-0.39, 0.29) is 16.5 Å². The van der Waals surface area contributed by atoms with Crippen molar-refractivity contribution in [2.45, 2.75) is 6.92 Å². The van der Waals surface area contributed by atoms with E-state index >= 15 is 0 Å². The van der Waals surface area contributed by atoms with E-state index in [0.29, 0.717) is 27.2 Å². The number of aromatic nitrogens is 1. The zero-order chi connectivity index (χ0) is 16.7. The Morgan fingerprint density at radius 1 is 1.04 bits per heavy atom. The number of rotatable bonds is 2. The molecule has 0 saturated heterocycles. The standard InChI is InChI=1S/C17H11Cl2NO3/c1-9-15(17(22)23)11-4-2-3-5-14(11)20(9)16(21)10-6-7-12(18)13(19)8-10/h2-8H,1H3,(H,22,23). The van der Waals surface area contributed by atoms with Gasteiger partial charge in [0.2, 0.25) is 0 Å². The molecule has 2 aromatic carbocycles. The molecule has 3 rings (SSSR count). The predicted molar refractivity (Wildman–Crippen MR) is 89.8 cm³/mol. The van der Waals surface area contributed by atoms with Gasteiger partial charge in [-0.3, -0.25) is 9.36 Å². The highest BCUT2D eigenvalue weighted by Crippen LogP contribution is 2.28. The molecular formula is C17H11Cl2NO3. The first-order chi connectivity index (χ1) is 10.9. The van der Waals surface area contributed by atoms with Gasteiger partial charge < -0.3 is 5.11 Å². The van der Waals surface area contributed by atoms with Crippen LogP contribution in [0.25, 0.3) is 10.9 Å². The molecule has 116 valence electrons. The number of hydrogen-bond donors (Lipinski definition) is 1. The van der Waals surface area contributed by atoms with Crippen LogP contribution in [0.2, 0.25) is 10.0 Å². The van der Waals surface area contributed by atoms with Crippen molar-refractivity contribution in [3.63, 3.8) is 0 Å². The summed E-state index contributed by atoms with van der Waals surface area (Å²) >= 11 is 11.8. The maximum Gasteiger partial charge on any atom is 0.338 e. The first-order valence-electron chi connectivity index (χ1n) is 6.75. The predicted octanol–water partition coefficient (Wildman–Crippen LogP) is 4.64. The Bertz CT molecular complexity index is 960. The van der Waals surface area contributed by atoms with Crippen molar-refractivity contribution in [2.75, 3.05) is 0 Å². The number of nitrogens with zero attached hydrogens (tertiary/aromatic N) is 1. The van der Waals surface area contributed by atoms with Crippen molar-refractivity contribution in [3.05, 3.63) is 69.3 Å². The van der Waals surface area contributed by atoms with Crippen LogP contribution in [0, 0.1) is 6.92 Å². The summed E-state index contributed by atoms with van der Waals surface area (Å²) in [6.45, 7) is 1.61. The second-order valence-electron chi connectivity index (χ2n) is 5.05. The average Bonchev–Trinajstić information content (AvgIpc) is 2.81. The largest absolute Gasteiger partial charge is 0.478 e. The maximum absolute atomic E-state index is 12.8. The summed E-state index contributed by atoms with van der Waals surface area (Å²) < 4.78 is 1.39. The third-order valence-electron chi connectivity index (χ3n) is 3.70. The molecule has 0 unspecified atom stereocenters. The molecule has 0 amide bonds. The molecule has 0 aliphatic heterocycles. The van der Waals surface area contributed by atoms with Crippen LogP contribution >= 0.6 is 23.2 Å². The monoisotopic (exact) mass is 347 g/mol. The Morgan fingerprint density at radius 3 is 2.39 bits per heavy atom. The number of hydrogen-bond acceptors (Lipinski definition) is 2. The number of carbonyl (C=O) groups excluding carboxylic acids is 1. The summed E-state index contributed by atoms with van der Waals surface area (Å²) in [7, 11) is 0. The average molecular weight is 348 g/mol. The van der Waals surface area contributed by atoms with E-state index in [1.807, 2.05) is 0 Å². The minimum Gasteiger partial charge on any atom is -0.478 e. The lowest BCUT2D eigenvalue weighted by atomic mass is 10.1. The third-order valence-corrected chi connectivity index (χ3v) is 4.43. The van der Waals surface area contributed by atoms with Crippen LogP contribution in [0.3, 0.4) is 0 Å². The topological polar surface area (TPSA) is 59.3 Å². The van der Waals surface area contributed by atoms with Gasteiger partial charge in [0.15, 0.2) is 0 Å². The minimum absolute atomic E-state index is 0.119. The summed E-state index contributed by atoms with van der Waals surface area (Å²) in [5.41, 5.74) is 1.36. The second kappa shape index (κ2) is 5.72. The molecule has 0 spiro atoms. The van der Waals surface area contributed by atoms with Crippen LogP contribution < -0.4 is 0 Å². The summed E-state index contributed by atoms with van der Waals surface area (Å²) in [5.74, 6) is -1.43. The number of carboxylic acid groups (broad SMARTS) is 1. The molecule has 1 N–H and O–H groups in total. The van der Waals surface area contributed by atoms with Crippen LogP contribution in [0.4, 0.5) is 0 Å². The van der Waals surface area contributed by atoms with Gasteiger partial charge >= 0.3 is 5.97 Å². The first-order valence-corrected chi connectivity index (χ1v) is 7.50. The highest BCUT2D eigenvalue weighted by molar-refractivity contribution is 6.42. The zero-order valence-corrected chi connectivity index (χ0v) is 13.5. The Morgan fingerprint density at radius 2 is 1.74 bits per heavy atom. The Labute approximate surface area is 141 Å². The molecule has 6 heteroatoms. The van der Waals surface area contributed by atoms with Crippen LogP contribution in [0.15, 0.2) is 42.5 Å². The van der Waals surface area contributed by atoms with Crippen molar-refractivity contribution in [3.8, 4) is 0 Å². The first kappa shape index (κ1) is 15.6. The molecular weight excluding hydrogens is 337 g/mol. The molecule has 0 atom stereocenters. The lowest BCUT2D eigenvalue weighted by Crippen LogP contribution is -2.14. The molecule has 0 aliphatic carbocycles. The smallest absolute Gasteiger partial charge is 0.338 e. The number of para-hydroxylation sites is 1. The minimum atomic E-state index is -1.07. The van der Waals surface area contributed by atoms with Gasteiger partial charge in [-0.05, 0) is 31.2 Å². The van der Waals surface area contributed by atoms with Crippen molar-refractivity contribution in [1.82, 2.24) is 4.57 Å². The summed E-state index contributed by atoms with van der Waals surface area (Å²) in [6, 6.07) is 11.5. The number of halogens is 2. The molecule has 1 heterocycles. The van der Waals surface area contributed by atoms with Gasteiger partial charge in [0.1, 0.15) is 0 Å². The quantitative estimate of drug-likeness (QED) is 0.734. The number of fused-ring (bicyclic) bond motifs is 1. The molecule has 4 nitrogen and oxygen atoms in total. The van der Waals surface area contributed by atoms with Gasteiger partial charge in [-0.25, -0.2) is 4.79 Å². The van der Waals surface area contributed by atoms with Crippen molar-refractivity contribution >= 4 is 46.0 Å². The van der Waals surface area contributed by atoms with E-state index in [1.165, 1.54) is 16.7 Å². The van der Waals surface area contributed by atoms with E-state index < -0.39 is 5.97 Å². The highest BCUT2D eigenvalue weighted by Gasteiger charge is 2.23. The van der Waals surface area contributed by atoms with E-state index in [9.17, 15) is 14.7 Å². The van der Waals surface area contributed by atoms with Gasteiger partial charge in [-0.1, -0.05) is 41.4 Å². The lowest BCUT2D eigenvalue weighted by Gasteiger charge is -2.08. The van der Waals surface area contributed by atoms with Crippen molar-refractivity contribution in [2.24, 2.45) is 0 Å². The van der Waals surface area contributed by atoms with Crippen molar-refractivity contribution in [1.29, 1.82) is 0 Å². The fourth-order valence-corrected chi connectivity index (χ4v) is 2.96. The maximum atomic E-state index is 12.8. The Kier molecular flexibility index (Phi) is 3.88. The molecule has 0 aliphatic rings. The van der Waals surface area contributed by atoms with Crippen LogP contribution in [0.5, 0.6) is 0 Å². The fourth-order valence-electron chi connectivity index (χ4n) is 2.66. The van der Waals surface area contributed by atoms with Gasteiger partial charge in [0, 0.05) is 16.6 Å². The Balaban J connectivity index is 2.27. The van der Waals surface area contributed by atoms with E-state index in [1.54, 1.807) is 37.3 Å². The summed E-state index contributed by atoms with van der Waals surface area (Å²) in [5, 5.41) is 10.6. The van der Waals surface area contributed by atoms with Gasteiger partial charge in [0.25, 0.3) is 5.91 Å². The second-order valence-corrected chi connectivity index (χ2v) is 5.87. The number of carbonyl (C=O) groups is 2. The molecule has 0 fully saturated rings. The van der Waals surface area contributed by atoms with Crippen LogP contribution in [0.1, 0.15) is 26.4 Å². The van der Waals surface area contributed by atoms with Gasteiger partial charge in [-0.15, -0.1) is 0 Å². The summed E-state index contributed by atoms with van der Waals surface area (Å²) in [6.07, 6.45) is 0. The molecule has 1 aromatic heterocycles. The van der Waals surface area contributed by atoms with Crippen LogP contribution in [-0.4, -0.2) is 21.6 Å².